The molecule has 18 heavy (non-hydrogen) atoms. The third kappa shape index (κ3) is 3.74. The van der Waals surface area contributed by atoms with Crippen LogP contribution in [0.5, 0.6) is 5.75 Å². The Morgan fingerprint density at radius 1 is 1.33 bits per heavy atom. The molecular formula is C12H16N2O4. The Kier molecular flexibility index (Phi) is 5.13. The normalized spacial score (nSPS) is 9.89. The van der Waals surface area contributed by atoms with Gasteiger partial charge in [-0.3, -0.25) is 9.59 Å². The first-order valence-electron chi connectivity index (χ1n) is 5.40. The van der Waals surface area contributed by atoms with Crippen molar-refractivity contribution in [2.75, 3.05) is 32.2 Å². The first kappa shape index (κ1) is 14.0. The van der Waals surface area contributed by atoms with Crippen molar-refractivity contribution in [3.05, 3.63) is 24.3 Å². The van der Waals surface area contributed by atoms with E-state index in [2.05, 4.69) is 5.32 Å². The fourth-order valence-electron chi connectivity index (χ4n) is 1.29. The van der Waals surface area contributed by atoms with Gasteiger partial charge in [-0.05, 0) is 24.3 Å². The summed E-state index contributed by atoms with van der Waals surface area (Å²) in [4.78, 5) is 24.4. The molecule has 0 aromatic heterocycles. The Hall–Kier alpha value is -2.08. The zero-order valence-corrected chi connectivity index (χ0v) is 10.3. The highest BCUT2D eigenvalue weighted by molar-refractivity contribution is 6.40. The Bertz CT molecular complexity index is 417. The summed E-state index contributed by atoms with van der Waals surface area (Å²) in [7, 11) is 3.00. The summed E-state index contributed by atoms with van der Waals surface area (Å²) in [6, 6.07) is 6.00. The predicted molar refractivity (Wildman–Crippen MR) is 66.4 cm³/mol. The maximum Gasteiger partial charge on any atom is 0.316 e. The van der Waals surface area contributed by atoms with Crippen LogP contribution in [0.4, 0.5) is 5.69 Å². The van der Waals surface area contributed by atoms with Crippen molar-refractivity contribution in [1.82, 2.24) is 5.32 Å². The third-order valence-corrected chi connectivity index (χ3v) is 2.33. The van der Waals surface area contributed by atoms with Crippen LogP contribution in [-0.4, -0.2) is 44.2 Å². The summed E-state index contributed by atoms with van der Waals surface area (Å²) in [6.45, 7) is 0.631. The van der Waals surface area contributed by atoms with Gasteiger partial charge in [0.2, 0.25) is 0 Å². The largest absolute Gasteiger partial charge is 0.508 e. The molecule has 0 heterocycles. The molecule has 6 nitrogen and oxygen atoms in total. The second kappa shape index (κ2) is 6.61. The molecule has 1 aromatic carbocycles. The van der Waals surface area contributed by atoms with Crippen LogP contribution in [0.25, 0.3) is 0 Å². The zero-order valence-electron chi connectivity index (χ0n) is 10.3. The number of phenols is 1. The van der Waals surface area contributed by atoms with E-state index in [1.807, 2.05) is 0 Å². The van der Waals surface area contributed by atoms with Crippen molar-refractivity contribution in [1.29, 1.82) is 0 Å². The molecule has 6 heteroatoms. The van der Waals surface area contributed by atoms with Gasteiger partial charge in [-0.15, -0.1) is 0 Å². The lowest BCUT2D eigenvalue weighted by Crippen LogP contribution is -2.42. The van der Waals surface area contributed by atoms with E-state index in [1.165, 1.54) is 31.2 Å². The summed E-state index contributed by atoms with van der Waals surface area (Å²) in [5.41, 5.74) is 0.527. The van der Waals surface area contributed by atoms with Crippen molar-refractivity contribution in [2.24, 2.45) is 0 Å². The van der Waals surface area contributed by atoms with Crippen LogP contribution >= 0.6 is 0 Å². The standard InChI is InChI=1S/C12H16N2O4/c1-14(9-3-5-10(15)6-4-9)12(17)11(16)13-7-8-18-2/h3-6,15H,7-8H2,1-2H3,(H,13,16). The second-order valence-corrected chi connectivity index (χ2v) is 3.63. The number of carbonyl (C=O) groups is 2. The van der Waals surface area contributed by atoms with Gasteiger partial charge in [-0.2, -0.15) is 0 Å². The van der Waals surface area contributed by atoms with Gasteiger partial charge in [-0.1, -0.05) is 0 Å². The van der Waals surface area contributed by atoms with Gasteiger partial charge in [0.05, 0.1) is 6.61 Å². The molecule has 0 radical (unpaired) electrons. The minimum atomic E-state index is -0.692. The Balaban J connectivity index is 2.60. The van der Waals surface area contributed by atoms with Gasteiger partial charge >= 0.3 is 11.8 Å². The Labute approximate surface area is 105 Å². The number of nitrogens with one attached hydrogen (secondary N) is 1. The number of benzene rings is 1. The van der Waals surface area contributed by atoms with Gasteiger partial charge in [0.15, 0.2) is 0 Å². The van der Waals surface area contributed by atoms with Crippen molar-refractivity contribution in [3.8, 4) is 5.75 Å². The first-order chi connectivity index (χ1) is 8.56. The minimum Gasteiger partial charge on any atom is -0.508 e. The zero-order chi connectivity index (χ0) is 13.5. The van der Waals surface area contributed by atoms with Crippen LogP contribution in [0.15, 0.2) is 24.3 Å². The summed E-state index contributed by atoms with van der Waals surface area (Å²) in [5.74, 6) is -1.26. The minimum absolute atomic E-state index is 0.101. The Morgan fingerprint density at radius 3 is 2.50 bits per heavy atom. The van der Waals surface area contributed by atoms with Gasteiger partial charge in [0.25, 0.3) is 0 Å². The molecule has 0 spiro atoms. The van der Waals surface area contributed by atoms with Gasteiger partial charge < -0.3 is 20.1 Å². The molecule has 2 amide bonds. The molecule has 2 N–H and O–H groups in total. The number of likely N-dealkylation sites (N-methyl/N-ethyl adjacent to an activating group) is 1. The second-order valence-electron chi connectivity index (χ2n) is 3.63. The molecule has 0 fully saturated rings. The van der Waals surface area contributed by atoms with Gasteiger partial charge in [0, 0.05) is 26.4 Å². The van der Waals surface area contributed by atoms with E-state index in [9.17, 15) is 9.59 Å². The maximum absolute atomic E-state index is 11.7. The monoisotopic (exact) mass is 252 g/mol. The number of aromatic hydroxyl groups is 1. The number of rotatable bonds is 4. The lowest BCUT2D eigenvalue weighted by atomic mass is 10.3. The SMILES string of the molecule is COCCNC(=O)C(=O)N(C)c1ccc(O)cc1. The smallest absolute Gasteiger partial charge is 0.316 e. The number of carbonyl (C=O) groups excluding carboxylic acids is 2. The number of nitrogens with zero attached hydrogens (tertiary/aromatic N) is 1. The number of ether oxygens (including phenoxy) is 1. The van der Waals surface area contributed by atoms with Crippen LogP contribution in [0.3, 0.4) is 0 Å². The molecule has 0 aliphatic carbocycles. The van der Waals surface area contributed by atoms with E-state index in [0.717, 1.165) is 0 Å². The average Bonchev–Trinajstić information content (AvgIpc) is 2.38. The van der Waals surface area contributed by atoms with E-state index >= 15 is 0 Å². The van der Waals surface area contributed by atoms with E-state index < -0.39 is 11.8 Å². The molecule has 0 saturated carbocycles. The fraction of sp³-hybridized carbons (Fsp3) is 0.333. The van der Waals surface area contributed by atoms with Crippen LogP contribution in [0, 0.1) is 0 Å². The van der Waals surface area contributed by atoms with E-state index in [4.69, 9.17) is 9.84 Å². The van der Waals surface area contributed by atoms with E-state index in [-0.39, 0.29) is 12.3 Å². The molecule has 0 atom stereocenters. The molecule has 0 aliphatic rings. The number of hydrogen-bond acceptors (Lipinski definition) is 4. The summed E-state index contributed by atoms with van der Waals surface area (Å²) >= 11 is 0. The highest BCUT2D eigenvalue weighted by Crippen LogP contribution is 2.17. The quantitative estimate of drug-likeness (QED) is 0.589. The number of anilines is 1. The number of methoxy groups -OCH3 is 1. The highest BCUT2D eigenvalue weighted by atomic mass is 16.5. The first-order valence-corrected chi connectivity index (χ1v) is 5.40. The molecule has 0 bridgehead atoms. The lowest BCUT2D eigenvalue weighted by Gasteiger charge is -2.16. The lowest BCUT2D eigenvalue weighted by molar-refractivity contribution is -0.137. The molecular weight excluding hydrogens is 236 g/mol. The highest BCUT2D eigenvalue weighted by Gasteiger charge is 2.19. The fourth-order valence-corrected chi connectivity index (χ4v) is 1.29. The van der Waals surface area contributed by atoms with Crippen LogP contribution in [-0.2, 0) is 14.3 Å². The van der Waals surface area contributed by atoms with Crippen molar-refractivity contribution in [2.45, 2.75) is 0 Å². The molecule has 0 aliphatic heterocycles. The summed E-state index contributed by atoms with van der Waals surface area (Å²) < 4.78 is 4.76. The summed E-state index contributed by atoms with van der Waals surface area (Å²) in [6.07, 6.45) is 0. The van der Waals surface area contributed by atoms with Crippen molar-refractivity contribution >= 4 is 17.5 Å². The molecule has 0 unspecified atom stereocenters. The maximum atomic E-state index is 11.7. The summed E-state index contributed by atoms with van der Waals surface area (Å²) in [5, 5.41) is 11.6. The van der Waals surface area contributed by atoms with Crippen LogP contribution in [0.1, 0.15) is 0 Å². The van der Waals surface area contributed by atoms with Crippen molar-refractivity contribution in [3.63, 3.8) is 0 Å². The molecule has 98 valence electrons. The molecule has 1 rings (SSSR count). The van der Waals surface area contributed by atoms with Crippen LogP contribution < -0.4 is 10.2 Å². The van der Waals surface area contributed by atoms with Gasteiger partial charge in [0.1, 0.15) is 5.75 Å². The van der Waals surface area contributed by atoms with Crippen LogP contribution in [0.2, 0.25) is 0 Å². The molecule has 1 aromatic rings. The molecule has 0 saturated heterocycles. The predicted octanol–water partition coefficient (Wildman–Crippen LogP) is 0.118. The average molecular weight is 252 g/mol. The van der Waals surface area contributed by atoms with E-state index in [0.29, 0.717) is 12.3 Å². The van der Waals surface area contributed by atoms with E-state index in [1.54, 1.807) is 12.1 Å². The third-order valence-electron chi connectivity index (χ3n) is 2.33. The number of hydrogen-bond donors (Lipinski definition) is 2. The topological polar surface area (TPSA) is 78.9 Å². The van der Waals surface area contributed by atoms with Crippen molar-refractivity contribution < 1.29 is 19.4 Å². The van der Waals surface area contributed by atoms with Gasteiger partial charge in [-0.25, -0.2) is 0 Å². The number of amides is 2. The Morgan fingerprint density at radius 2 is 1.94 bits per heavy atom. The number of phenolic OH excluding ortho intramolecular Hbond substituents is 1.